The van der Waals surface area contributed by atoms with Gasteiger partial charge in [0.25, 0.3) is 0 Å². The van der Waals surface area contributed by atoms with Gasteiger partial charge in [-0.15, -0.1) is 0 Å². The number of aromatic nitrogens is 4. The number of hydrogen-bond donors (Lipinski definition) is 0. The Morgan fingerprint density at radius 3 is 2.89 bits per heavy atom. The van der Waals surface area contributed by atoms with Crippen LogP contribution in [0, 0.1) is 5.82 Å². The largest absolute Gasteiger partial charge is 0.224 e. The summed E-state index contributed by atoms with van der Waals surface area (Å²) in [4.78, 5) is 8.01. The maximum absolute atomic E-state index is 13.1. The minimum absolute atomic E-state index is 0.324. The molecule has 0 aliphatic heterocycles. The third-order valence-corrected chi connectivity index (χ3v) is 3.39. The molecular formula is C11H5BrClFN4. The second-order valence-corrected chi connectivity index (χ2v) is 4.77. The fourth-order valence-corrected chi connectivity index (χ4v) is 2.34. The van der Waals surface area contributed by atoms with Gasteiger partial charge in [-0.1, -0.05) is 11.6 Å². The maximum atomic E-state index is 13.1. The average molecular weight is 328 g/mol. The summed E-state index contributed by atoms with van der Waals surface area (Å²) in [5, 5.41) is 5.18. The summed E-state index contributed by atoms with van der Waals surface area (Å²) < 4.78 is 15.2. The molecule has 0 aliphatic rings. The third kappa shape index (κ3) is 1.77. The van der Waals surface area contributed by atoms with Gasteiger partial charge in [0.15, 0.2) is 5.65 Å². The number of hydrogen-bond acceptors (Lipinski definition) is 3. The molecule has 0 fully saturated rings. The molecule has 0 bridgehead atoms. The molecule has 1 aromatic carbocycles. The highest BCUT2D eigenvalue weighted by molar-refractivity contribution is 9.10. The van der Waals surface area contributed by atoms with Gasteiger partial charge in [0.1, 0.15) is 17.3 Å². The van der Waals surface area contributed by atoms with Crippen LogP contribution < -0.4 is 0 Å². The van der Waals surface area contributed by atoms with Crippen molar-refractivity contribution in [3.05, 3.63) is 46.2 Å². The second kappa shape index (κ2) is 4.29. The van der Waals surface area contributed by atoms with E-state index in [0.29, 0.717) is 26.3 Å². The van der Waals surface area contributed by atoms with Gasteiger partial charge in [-0.3, -0.25) is 0 Å². The minimum Gasteiger partial charge on any atom is -0.224 e. The molecule has 0 N–H and O–H groups in total. The molecule has 0 saturated carbocycles. The fraction of sp³-hybridized carbons (Fsp3) is 0. The lowest BCUT2D eigenvalue weighted by molar-refractivity contribution is 0.626. The maximum Gasteiger partial charge on any atom is 0.167 e. The van der Waals surface area contributed by atoms with E-state index in [9.17, 15) is 4.39 Å². The number of fused-ring (bicyclic) bond motifs is 1. The lowest BCUT2D eigenvalue weighted by atomic mass is 10.3. The first-order chi connectivity index (χ1) is 8.66. The van der Waals surface area contributed by atoms with Gasteiger partial charge in [0, 0.05) is 4.47 Å². The first-order valence-corrected chi connectivity index (χ1v) is 6.13. The standard InChI is InChI=1S/C11H5BrClFN4/c12-8-3-6(14)1-2-9(8)18-11-7(4-17-18)10(13)15-5-16-11/h1-5H. The number of halogens is 3. The Balaban J connectivity index is 2.29. The van der Waals surface area contributed by atoms with Crippen molar-refractivity contribution < 1.29 is 4.39 Å². The summed E-state index contributed by atoms with van der Waals surface area (Å²) in [5.74, 6) is -0.324. The van der Waals surface area contributed by atoms with Crippen LogP contribution in [-0.4, -0.2) is 19.7 Å². The highest BCUT2D eigenvalue weighted by Crippen LogP contribution is 2.26. The zero-order valence-electron chi connectivity index (χ0n) is 8.81. The first-order valence-electron chi connectivity index (χ1n) is 4.96. The third-order valence-electron chi connectivity index (χ3n) is 2.46. The van der Waals surface area contributed by atoms with Gasteiger partial charge in [-0.2, -0.15) is 5.10 Å². The summed E-state index contributed by atoms with van der Waals surface area (Å²) in [6.45, 7) is 0. The van der Waals surface area contributed by atoms with Crippen LogP contribution in [0.2, 0.25) is 5.15 Å². The molecule has 0 radical (unpaired) electrons. The molecule has 7 heteroatoms. The number of nitrogens with zero attached hydrogens (tertiary/aromatic N) is 4. The van der Waals surface area contributed by atoms with Gasteiger partial charge >= 0.3 is 0 Å². The molecule has 3 aromatic rings. The van der Waals surface area contributed by atoms with Crippen LogP contribution >= 0.6 is 27.5 Å². The molecule has 0 unspecified atom stereocenters. The van der Waals surface area contributed by atoms with Crippen molar-refractivity contribution in [3.8, 4) is 5.69 Å². The van der Waals surface area contributed by atoms with E-state index < -0.39 is 0 Å². The quantitative estimate of drug-likeness (QED) is 0.644. The van der Waals surface area contributed by atoms with E-state index in [4.69, 9.17) is 11.6 Å². The SMILES string of the molecule is Fc1ccc(-n2ncc3c(Cl)ncnc32)c(Br)c1. The van der Waals surface area contributed by atoms with Crippen molar-refractivity contribution in [2.24, 2.45) is 0 Å². The van der Waals surface area contributed by atoms with Crippen LogP contribution in [0.3, 0.4) is 0 Å². The molecule has 0 saturated heterocycles. The second-order valence-electron chi connectivity index (χ2n) is 3.55. The Morgan fingerprint density at radius 1 is 1.28 bits per heavy atom. The molecule has 18 heavy (non-hydrogen) atoms. The molecule has 3 rings (SSSR count). The molecule has 0 atom stereocenters. The van der Waals surface area contributed by atoms with Gasteiger partial charge in [0.05, 0.1) is 17.3 Å². The Bertz CT molecular complexity index is 743. The Morgan fingerprint density at radius 2 is 2.11 bits per heavy atom. The van der Waals surface area contributed by atoms with Crippen LogP contribution in [0.25, 0.3) is 16.7 Å². The van der Waals surface area contributed by atoms with Crippen molar-refractivity contribution in [1.82, 2.24) is 19.7 Å². The van der Waals surface area contributed by atoms with Crippen LogP contribution in [0.1, 0.15) is 0 Å². The summed E-state index contributed by atoms with van der Waals surface area (Å²) in [6, 6.07) is 4.34. The Kier molecular flexibility index (Phi) is 2.76. The smallest absolute Gasteiger partial charge is 0.167 e. The molecule has 0 spiro atoms. The lowest BCUT2D eigenvalue weighted by Gasteiger charge is -2.05. The predicted octanol–water partition coefficient (Wildman–Crippen LogP) is 3.37. The summed E-state index contributed by atoms with van der Waals surface area (Å²) >= 11 is 9.24. The number of benzene rings is 1. The van der Waals surface area contributed by atoms with E-state index in [1.807, 2.05) is 0 Å². The summed E-state index contributed by atoms with van der Waals surface area (Å²) in [7, 11) is 0. The predicted molar refractivity (Wildman–Crippen MR) is 69.3 cm³/mol. The highest BCUT2D eigenvalue weighted by atomic mass is 79.9. The lowest BCUT2D eigenvalue weighted by Crippen LogP contribution is -1.99. The van der Waals surface area contributed by atoms with Gasteiger partial charge in [0.2, 0.25) is 0 Å². The van der Waals surface area contributed by atoms with Crippen molar-refractivity contribution >= 4 is 38.6 Å². The Labute approximate surface area is 115 Å². The van der Waals surface area contributed by atoms with Crippen LogP contribution in [-0.2, 0) is 0 Å². The van der Waals surface area contributed by atoms with E-state index in [1.54, 1.807) is 16.9 Å². The fourth-order valence-electron chi connectivity index (χ4n) is 1.64. The van der Waals surface area contributed by atoms with Crippen molar-refractivity contribution in [3.63, 3.8) is 0 Å². The first kappa shape index (κ1) is 11.6. The molecule has 2 aromatic heterocycles. The van der Waals surface area contributed by atoms with E-state index in [2.05, 4.69) is 31.0 Å². The molecule has 0 amide bonds. The topological polar surface area (TPSA) is 43.6 Å². The number of rotatable bonds is 1. The summed E-state index contributed by atoms with van der Waals surface area (Å²) in [6.07, 6.45) is 2.94. The zero-order valence-corrected chi connectivity index (χ0v) is 11.2. The van der Waals surface area contributed by atoms with Crippen molar-refractivity contribution in [2.45, 2.75) is 0 Å². The van der Waals surface area contributed by atoms with Crippen LogP contribution in [0.5, 0.6) is 0 Å². The van der Waals surface area contributed by atoms with Crippen LogP contribution in [0.4, 0.5) is 4.39 Å². The van der Waals surface area contributed by atoms with Gasteiger partial charge < -0.3 is 0 Å². The van der Waals surface area contributed by atoms with E-state index in [-0.39, 0.29) is 5.82 Å². The average Bonchev–Trinajstić information content (AvgIpc) is 2.74. The highest BCUT2D eigenvalue weighted by Gasteiger charge is 2.12. The molecule has 2 heterocycles. The Hall–Kier alpha value is -1.53. The minimum atomic E-state index is -0.324. The molecule has 90 valence electrons. The van der Waals surface area contributed by atoms with E-state index in [0.717, 1.165) is 0 Å². The zero-order chi connectivity index (χ0) is 12.7. The molecule has 4 nitrogen and oxygen atoms in total. The van der Waals surface area contributed by atoms with Gasteiger partial charge in [-0.05, 0) is 34.1 Å². The molecular weight excluding hydrogens is 323 g/mol. The van der Waals surface area contributed by atoms with Crippen LogP contribution in [0.15, 0.2) is 35.2 Å². The van der Waals surface area contributed by atoms with E-state index >= 15 is 0 Å². The monoisotopic (exact) mass is 326 g/mol. The van der Waals surface area contributed by atoms with Crippen molar-refractivity contribution in [2.75, 3.05) is 0 Å². The van der Waals surface area contributed by atoms with Gasteiger partial charge in [-0.25, -0.2) is 19.0 Å². The molecule has 0 aliphatic carbocycles. The summed E-state index contributed by atoms with van der Waals surface area (Å²) in [5.41, 5.74) is 1.25. The normalized spacial score (nSPS) is 11.1. The van der Waals surface area contributed by atoms with E-state index in [1.165, 1.54) is 18.5 Å². The van der Waals surface area contributed by atoms with Crippen molar-refractivity contribution in [1.29, 1.82) is 0 Å².